The number of rotatable bonds is 8. The second-order valence-corrected chi connectivity index (χ2v) is 8.85. The summed E-state index contributed by atoms with van der Waals surface area (Å²) in [6.45, 7) is 7.80. The minimum absolute atomic E-state index is 0.180. The molecule has 0 aromatic carbocycles. The average Bonchev–Trinajstić information content (AvgIpc) is 3.02. The zero-order valence-corrected chi connectivity index (χ0v) is 19.7. The first-order chi connectivity index (χ1) is 15.2. The lowest BCUT2D eigenvalue weighted by Gasteiger charge is -2.34. The van der Waals surface area contributed by atoms with Crippen LogP contribution in [0.2, 0.25) is 0 Å². The molecule has 0 unspecified atom stereocenters. The monoisotopic (exact) mass is 431 g/mol. The minimum atomic E-state index is 0.180. The highest BCUT2D eigenvalue weighted by Gasteiger charge is 2.26. The number of hydrogen-bond acceptors (Lipinski definition) is 4. The fraction of sp³-hybridized carbons (Fsp3) is 0.826. The first kappa shape index (κ1) is 23.5. The summed E-state index contributed by atoms with van der Waals surface area (Å²) in [5.74, 6) is 3.64. The van der Waals surface area contributed by atoms with Crippen LogP contribution < -0.4 is 10.6 Å². The van der Waals surface area contributed by atoms with Crippen LogP contribution in [0.1, 0.15) is 76.9 Å². The van der Waals surface area contributed by atoms with Gasteiger partial charge >= 0.3 is 0 Å². The summed E-state index contributed by atoms with van der Waals surface area (Å²) in [6, 6.07) is 0.365. The van der Waals surface area contributed by atoms with Gasteiger partial charge in [0.05, 0.1) is 0 Å². The van der Waals surface area contributed by atoms with Gasteiger partial charge in [0.1, 0.15) is 11.6 Å². The number of carbonyl (C=O) groups is 1. The van der Waals surface area contributed by atoms with Gasteiger partial charge < -0.3 is 20.1 Å². The van der Waals surface area contributed by atoms with Gasteiger partial charge in [0.2, 0.25) is 5.91 Å². The number of guanidine groups is 1. The summed E-state index contributed by atoms with van der Waals surface area (Å²) in [7, 11) is 1.82. The number of amides is 1. The van der Waals surface area contributed by atoms with E-state index in [1.54, 1.807) is 0 Å². The van der Waals surface area contributed by atoms with Crippen LogP contribution in [-0.2, 0) is 24.2 Å². The van der Waals surface area contributed by atoms with Crippen LogP contribution in [0.25, 0.3) is 0 Å². The van der Waals surface area contributed by atoms with Crippen molar-refractivity contribution in [1.82, 2.24) is 30.3 Å². The van der Waals surface area contributed by atoms with Crippen LogP contribution in [-0.4, -0.2) is 64.3 Å². The molecule has 174 valence electrons. The predicted octanol–water partition coefficient (Wildman–Crippen LogP) is 2.53. The van der Waals surface area contributed by atoms with Crippen molar-refractivity contribution >= 4 is 11.9 Å². The van der Waals surface area contributed by atoms with Gasteiger partial charge in [-0.3, -0.25) is 9.79 Å². The number of aromatic nitrogens is 3. The van der Waals surface area contributed by atoms with Crippen LogP contribution in [0, 0.1) is 5.92 Å². The van der Waals surface area contributed by atoms with Gasteiger partial charge in [0.25, 0.3) is 0 Å². The summed E-state index contributed by atoms with van der Waals surface area (Å²) in [6.07, 6.45) is 10.6. The number of likely N-dealkylation sites (tertiary alicyclic amines) is 1. The van der Waals surface area contributed by atoms with Crippen molar-refractivity contribution in [1.29, 1.82) is 0 Å². The zero-order valence-electron chi connectivity index (χ0n) is 19.7. The van der Waals surface area contributed by atoms with Gasteiger partial charge in [-0.05, 0) is 44.9 Å². The molecule has 2 N–H and O–H groups in total. The molecule has 1 aromatic rings. The first-order valence-corrected chi connectivity index (χ1v) is 12.3. The number of fused-ring (bicyclic) bond motifs is 1. The minimum Gasteiger partial charge on any atom is -0.356 e. The fourth-order valence-corrected chi connectivity index (χ4v) is 4.71. The van der Waals surface area contributed by atoms with Crippen molar-refractivity contribution in [3.8, 4) is 0 Å². The quantitative estimate of drug-likeness (QED) is 0.375. The molecule has 8 nitrogen and oxygen atoms in total. The molecule has 3 heterocycles. The van der Waals surface area contributed by atoms with Gasteiger partial charge in [-0.1, -0.05) is 20.3 Å². The Balaban J connectivity index is 1.37. The number of hydrogen-bond donors (Lipinski definition) is 2. The Hall–Kier alpha value is -2.12. The number of aryl methyl sites for hydroxylation is 2. The SMILES string of the molecule is CCC(CC)C(=O)N1CCC(NC(=NC)NCCCc2nnc3n2CCCCC3)CC1. The third-order valence-corrected chi connectivity index (χ3v) is 6.76. The molecule has 0 saturated carbocycles. The topological polar surface area (TPSA) is 87.4 Å². The zero-order chi connectivity index (χ0) is 22.1. The van der Waals surface area contributed by atoms with E-state index in [1.807, 2.05) is 11.9 Å². The van der Waals surface area contributed by atoms with Crippen LogP contribution >= 0.6 is 0 Å². The molecule has 1 saturated heterocycles. The highest BCUT2D eigenvalue weighted by atomic mass is 16.2. The van der Waals surface area contributed by atoms with Gasteiger partial charge in [-0.25, -0.2) is 0 Å². The van der Waals surface area contributed by atoms with E-state index in [0.717, 1.165) is 88.7 Å². The van der Waals surface area contributed by atoms with Gasteiger partial charge in [-0.2, -0.15) is 0 Å². The van der Waals surface area contributed by atoms with E-state index in [-0.39, 0.29) is 5.92 Å². The van der Waals surface area contributed by atoms with E-state index in [1.165, 1.54) is 19.3 Å². The lowest BCUT2D eigenvalue weighted by Crippen LogP contribution is -2.50. The summed E-state index contributed by atoms with van der Waals surface area (Å²) >= 11 is 0. The Labute approximate surface area is 187 Å². The van der Waals surface area contributed by atoms with Crippen molar-refractivity contribution in [2.24, 2.45) is 10.9 Å². The molecule has 1 aromatic heterocycles. The Morgan fingerprint density at radius 2 is 1.90 bits per heavy atom. The average molecular weight is 432 g/mol. The molecule has 8 heteroatoms. The summed E-state index contributed by atoms with van der Waals surface area (Å²) in [4.78, 5) is 19.0. The number of piperidine rings is 1. The van der Waals surface area contributed by atoms with E-state index >= 15 is 0 Å². The maximum atomic E-state index is 12.6. The Morgan fingerprint density at radius 3 is 2.61 bits per heavy atom. The molecular weight excluding hydrogens is 390 g/mol. The summed E-state index contributed by atoms with van der Waals surface area (Å²) in [5.41, 5.74) is 0. The number of nitrogens with zero attached hydrogens (tertiary/aromatic N) is 5. The molecule has 0 atom stereocenters. The maximum absolute atomic E-state index is 12.6. The fourth-order valence-electron chi connectivity index (χ4n) is 4.71. The van der Waals surface area contributed by atoms with Crippen molar-refractivity contribution in [2.45, 2.75) is 90.6 Å². The predicted molar refractivity (Wildman–Crippen MR) is 124 cm³/mol. The standard InChI is InChI=1S/C23H41N7O/c1-4-18(5-2)22(31)29-16-12-19(13-17-29)26-23(24-3)25-14-9-11-21-28-27-20-10-7-6-8-15-30(20)21/h18-19H,4-17H2,1-3H3,(H2,24,25,26). The second kappa shape index (κ2) is 12.1. The lowest BCUT2D eigenvalue weighted by atomic mass is 9.98. The second-order valence-electron chi connectivity index (χ2n) is 8.85. The van der Waals surface area contributed by atoms with Crippen LogP contribution in [0.15, 0.2) is 4.99 Å². The highest BCUT2D eigenvalue weighted by Crippen LogP contribution is 2.17. The molecule has 1 amide bonds. The Bertz CT molecular complexity index is 718. The Kier molecular flexibility index (Phi) is 9.15. The van der Waals surface area contributed by atoms with E-state index in [4.69, 9.17) is 0 Å². The molecule has 0 bridgehead atoms. The smallest absolute Gasteiger partial charge is 0.225 e. The number of carbonyl (C=O) groups excluding carboxylic acids is 1. The van der Waals surface area contributed by atoms with Crippen molar-refractivity contribution < 1.29 is 4.79 Å². The molecule has 0 aliphatic carbocycles. The maximum Gasteiger partial charge on any atom is 0.225 e. The normalized spacial score (nSPS) is 18.1. The largest absolute Gasteiger partial charge is 0.356 e. The van der Waals surface area contributed by atoms with Gasteiger partial charge in [-0.15, -0.1) is 10.2 Å². The van der Waals surface area contributed by atoms with Gasteiger partial charge in [0.15, 0.2) is 5.96 Å². The van der Waals surface area contributed by atoms with E-state index in [2.05, 4.69) is 44.2 Å². The molecule has 0 spiro atoms. The molecule has 3 rings (SSSR count). The van der Waals surface area contributed by atoms with Crippen molar-refractivity contribution in [3.63, 3.8) is 0 Å². The third kappa shape index (κ3) is 6.43. The number of nitrogens with one attached hydrogen (secondary N) is 2. The highest BCUT2D eigenvalue weighted by molar-refractivity contribution is 5.80. The molecule has 2 aliphatic heterocycles. The van der Waals surface area contributed by atoms with E-state index in [0.29, 0.717) is 11.9 Å². The molecule has 31 heavy (non-hydrogen) atoms. The summed E-state index contributed by atoms with van der Waals surface area (Å²) < 4.78 is 2.33. The molecule has 0 radical (unpaired) electrons. The number of aliphatic imine (C=N–C) groups is 1. The molecular formula is C23H41N7O. The van der Waals surface area contributed by atoms with Crippen LogP contribution in [0.4, 0.5) is 0 Å². The van der Waals surface area contributed by atoms with Crippen LogP contribution in [0.5, 0.6) is 0 Å². The van der Waals surface area contributed by atoms with Gasteiger partial charge in [0, 0.05) is 58.0 Å². The molecule has 1 fully saturated rings. The lowest BCUT2D eigenvalue weighted by molar-refractivity contribution is -0.136. The van der Waals surface area contributed by atoms with Crippen LogP contribution in [0.3, 0.4) is 0 Å². The van der Waals surface area contributed by atoms with Crippen molar-refractivity contribution in [3.05, 3.63) is 11.6 Å². The van der Waals surface area contributed by atoms with E-state index in [9.17, 15) is 4.79 Å². The summed E-state index contributed by atoms with van der Waals surface area (Å²) in [5, 5.41) is 15.8. The Morgan fingerprint density at radius 1 is 1.13 bits per heavy atom. The van der Waals surface area contributed by atoms with Crippen molar-refractivity contribution in [2.75, 3.05) is 26.7 Å². The third-order valence-electron chi connectivity index (χ3n) is 6.76. The van der Waals surface area contributed by atoms with E-state index < -0.39 is 0 Å². The molecule has 2 aliphatic rings. The first-order valence-electron chi connectivity index (χ1n) is 12.3.